The molecule has 0 fully saturated rings. The van der Waals surface area contributed by atoms with E-state index in [2.05, 4.69) is 41.4 Å². The third-order valence-electron chi connectivity index (χ3n) is 3.13. The first-order valence-corrected chi connectivity index (χ1v) is 6.49. The third kappa shape index (κ3) is 3.29. The van der Waals surface area contributed by atoms with Gasteiger partial charge in [0.1, 0.15) is 0 Å². The van der Waals surface area contributed by atoms with E-state index in [1.54, 1.807) is 0 Å². The minimum absolute atomic E-state index is 0.110. The van der Waals surface area contributed by atoms with Crippen molar-refractivity contribution < 1.29 is 5.11 Å². The van der Waals surface area contributed by atoms with Gasteiger partial charge < -0.3 is 10.0 Å². The van der Waals surface area contributed by atoms with E-state index < -0.39 is 0 Å². The van der Waals surface area contributed by atoms with Crippen LogP contribution in [0, 0.1) is 0 Å². The van der Waals surface area contributed by atoms with Crippen LogP contribution in [0.15, 0.2) is 36.4 Å². The summed E-state index contributed by atoms with van der Waals surface area (Å²) in [5.41, 5.74) is 3.25. The van der Waals surface area contributed by atoms with Crippen LogP contribution < -0.4 is 4.90 Å². The number of aliphatic hydroxyl groups is 1. The summed E-state index contributed by atoms with van der Waals surface area (Å²) in [5.74, 6) is 0.767. The van der Waals surface area contributed by atoms with Crippen LogP contribution in [0.3, 0.4) is 0 Å². The maximum atomic E-state index is 8.89. The molecule has 1 heterocycles. The number of aliphatic hydroxyl groups excluding tert-OH is 1. The predicted molar refractivity (Wildman–Crippen MR) is 77.2 cm³/mol. The van der Waals surface area contributed by atoms with Crippen LogP contribution in [-0.2, 0) is 6.42 Å². The van der Waals surface area contributed by atoms with Gasteiger partial charge in [0.25, 0.3) is 0 Å². The number of benzene rings is 1. The molecule has 0 saturated carbocycles. The zero-order valence-electron chi connectivity index (χ0n) is 11.4. The monoisotopic (exact) mass is 257 g/mol. The van der Waals surface area contributed by atoms with E-state index in [0.29, 0.717) is 6.54 Å². The Balaban J connectivity index is 2.17. The molecule has 0 spiro atoms. The number of hydrogen-bond acceptors (Lipinski definition) is 4. The Morgan fingerprint density at radius 2 is 1.79 bits per heavy atom. The smallest absolute Gasteiger partial charge is 0.151 e. The molecule has 19 heavy (non-hydrogen) atoms. The number of likely N-dealkylation sites (N-methyl/N-ethyl adjacent to an activating group) is 1. The zero-order valence-corrected chi connectivity index (χ0v) is 11.4. The molecule has 0 amide bonds. The topological polar surface area (TPSA) is 49.2 Å². The van der Waals surface area contributed by atoms with E-state index in [1.807, 2.05) is 24.1 Å². The standard InChI is InChI=1S/C15H19N3O/c1-3-12-4-6-13(7-5-12)14-8-9-15(17-16-14)18(2)10-11-19/h4-9,19H,3,10-11H2,1-2H3. The van der Waals surface area contributed by atoms with Gasteiger partial charge in [-0.15, -0.1) is 10.2 Å². The molecule has 0 unspecified atom stereocenters. The van der Waals surface area contributed by atoms with Crippen molar-refractivity contribution in [3.63, 3.8) is 0 Å². The minimum atomic E-state index is 0.110. The van der Waals surface area contributed by atoms with Gasteiger partial charge in [0.15, 0.2) is 5.82 Å². The highest BCUT2D eigenvalue weighted by atomic mass is 16.3. The normalized spacial score (nSPS) is 10.5. The van der Waals surface area contributed by atoms with Gasteiger partial charge in [-0.2, -0.15) is 0 Å². The lowest BCUT2D eigenvalue weighted by atomic mass is 10.1. The highest BCUT2D eigenvalue weighted by molar-refractivity contribution is 5.60. The Hall–Kier alpha value is -1.94. The maximum absolute atomic E-state index is 8.89. The predicted octanol–water partition coefficient (Wildman–Crippen LogP) is 2.13. The summed E-state index contributed by atoms with van der Waals surface area (Å²) in [6.07, 6.45) is 1.04. The van der Waals surface area contributed by atoms with E-state index in [9.17, 15) is 0 Å². The summed E-state index contributed by atoms with van der Waals surface area (Å²) >= 11 is 0. The molecule has 0 aliphatic heterocycles. The molecular formula is C15H19N3O. The molecule has 0 bridgehead atoms. The number of hydrogen-bond donors (Lipinski definition) is 1. The van der Waals surface area contributed by atoms with Gasteiger partial charge in [-0.25, -0.2) is 0 Å². The fourth-order valence-electron chi connectivity index (χ4n) is 1.86. The van der Waals surface area contributed by atoms with Crippen molar-refractivity contribution in [1.82, 2.24) is 10.2 Å². The van der Waals surface area contributed by atoms with Crippen LogP contribution in [0.2, 0.25) is 0 Å². The van der Waals surface area contributed by atoms with Crippen LogP contribution in [0.5, 0.6) is 0 Å². The number of aromatic nitrogens is 2. The lowest BCUT2D eigenvalue weighted by Gasteiger charge is -2.15. The Morgan fingerprint density at radius 3 is 2.32 bits per heavy atom. The molecule has 100 valence electrons. The SMILES string of the molecule is CCc1ccc(-c2ccc(N(C)CCO)nn2)cc1. The summed E-state index contributed by atoms with van der Waals surface area (Å²) in [4.78, 5) is 1.87. The van der Waals surface area contributed by atoms with E-state index >= 15 is 0 Å². The third-order valence-corrected chi connectivity index (χ3v) is 3.13. The van der Waals surface area contributed by atoms with Gasteiger partial charge >= 0.3 is 0 Å². The molecule has 4 nitrogen and oxygen atoms in total. The Bertz CT molecular complexity index is 508. The molecule has 2 aromatic rings. The van der Waals surface area contributed by atoms with Crippen LogP contribution in [0.4, 0.5) is 5.82 Å². The Labute approximate surface area is 113 Å². The van der Waals surface area contributed by atoms with Crippen LogP contribution in [-0.4, -0.2) is 35.5 Å². The summed E-state index contributed by atoms with van der Waals surface area (Å²) in [6, 6.07) is 12.2. The molecule has 0 aliphatic rings. The van der Waals surface area contributed by atoms with Crippen LogP contribution in [0.25, 0.3) is 11.3 Å². The number of anilines is 1. The molecule has 4 heteroatoms. The minimum Gasteiger partial charge on any atom is -0.395 e. The van der Waals surface area contributed by atoms with Crippen molar-refractivity contribution in [2.75, 3.05) is 25.1 Å². The molecule has 0 radical (unpaired) electrons. The first-order valence-electron chi connectivity index (χ1n) is 6.49. The second-order valence-electron chi connectivity index (χ2n) is 4.47. The fourth-order valence-corrected chi connectivity index (χ4v) is 1.86. The van der Waals surface area contributed by atoms with Crippen molar-refractivity contribution in [3.05, 3.63) is 42.0 Å². The Morgan fingerprint density at radius 1 is 1.05 bits per heavy atom. The van der Waals surface area contributed by atoms with Gasteiger partial charge in [-0.05, 0) is 24.1 Å². The zero-order chi connectivity index (χ0) is 13.7. The van der Waals surface area contributed by atoms with Crippen molar-refractivity contribution >= 4 is 5.82 Å². The molecule has 0 aliphatic carbocycles. The molecule has 1 aromatic carbocycles. The van der Waals surface area contributed by atoms with Crippen molar-refractivity contribution in [2.45, 2.75) is 13.3 Å². The molecule has 1 N–H and O–H groups in total. The lowest BCUT2D eigenvalue weighted by molar-refractivity contribution is 0.303. The van der Waals surface area contributed by atoms with Crippen LogP contribution in [0.1, 0.15) is 12.5 Å². The average Bonchev–Trinajstić information content (AvgIpc) is 2.48. The molecule has 2 rings (SSSR count). The number of rotatable bonds is 5. The number of aryl methyl sites for hydroxylation is 1. The van der Waals surface area contributed by atoms with E-state index in [4.69, 9.17) is 5.11 Å². The van der Waals surface area contributed by atoms with Crippen molar-refractivity contribution in [1.29, 1.82) is 0 Å². The van der Waals surface area contributed by atoms with Gasteiger partial charge in [-0.1, -0.05) is 31.2 Å². The van der Waals surface area contributed by atoms with Gasteiger partial charge in [0.2, 0.25) is 0 Å². The summed E-state index contributed by atoms with van der Waals surface area (Å²) in [5, 5.41) is 17.3. The lowest BCUT2D eigenvalue weighted by Crippen LogP contribution is -2.22. The molecule has 0 atom stereocenters. The Kier molecular flexibility index (Phi) is 4.47. The van der Waals surface area contributed by atoms with Gasteiger partial charge in [0, 0.05) is 19.2 Å². The molecule has 0 saturated heterocycles. The quantitative estimate of drug-likeness (QED) is 0.891. The largest absolute Gasteiger partial charge is 0.395 e. The van der Waals surface area contributed by atoms with Gasteiger partial charge in [0.05, 0.1) is 12.3 Å². The van der Waals surface area contributed by atoms with E-state index in [-0.39, 0.29) is 6.61 Å². The molecular weight excluding hydrogens is 238 g/mol. The van der Waals surface area contributed by atoms with E-state index in [1.165, 1.54) is 5.56 Å². The second kappa shape index (κ2) is 6.29. The number of nitrogens with zero attached hydrogens (tertiary/aromatic N) is 3. The molecule has 1 aromatic heterocycles. The average molecular weight is 257 g/mol. The van der Waals surface area contributed by atoms with Gasteiger partial charge in [-0.3, -0.25) is 0 Å². The summed E-state index contributed by atoms with van der Waals surface area (Å²) < 4.78 is 0. The first-order chi connectivity index (χ1) is 9.24. The van der Waals surface area contributed by atoms with E-state index in [0.717, 1.165) is 23.5 Å². The first kappa shape index (κ1) is 13.5. The van der Waals surface area contributed by atoms with Crippen LogP contribution >= 0.6 is 0 Å². The second-order valence-corrected chi connectivity index (χ2v) is 4.47. The van der Waals surface area contributed by atoms with Crippen molar-refractivity contribution in [3.8, 4) is 11.3 Å². The fraction of sp³-hybridized carbons (Fsp3) is 0.333. The summed E-state index contributed by atoms with van der Waals surface area (Å²) in [6.45, 7) is 2.80. The van der Waals surface area contributed by atoms with Crippen molar-refractivity contribution in [2.24, 2.45) is 0 Å². The highest BCUT2D eigenvalue weighted by Gasteiger charge is 2.04. The summed E-state index contributed by atoms with van der Waals surface area (Å²) in [7, 11) is 1.88. The highest BCUT2D eigenvalue weighted by Crippen LogP contribution is 2.18. The maximum Gasteiger partial charge on any atom is 0.151 e.